The fourth-order valence-electron chi connectivity index (χ4n) is 2.83. The summed E-state index contributed by atoms with van der Waals surface area (Å²) >= 11 is 3.29. The minimum atomic E-state index is -1.31. The number of amides is 1. The maximum Gasteiger partial charge on any atom is 0.280 e. The van der Waals surface area contributed by atoms with Crippen LogP contribution in [-0.2, 0) is 16.3 Å². The third-order valence-electron chi connectivity index (χ3n) is 4.72. The molecule has 1 amide bonds. The summed E-state index contributed by atoms with van der Waals surface area (Å²) < 4.78 is 26.6. The van der Waals surface area contributed by atoms with Crippen molar-refractivity contribution in [1.29, 1.82) is 0 Å². The van der Waals surface area contributed by atoms with Gasteiger partial charge in [0.05, 0.1) is 36.1 Å². The molecular weight excluding hydrogens is 489 g/mol. The van der Waals surface area contributed by atoms with Gasteiger partial charge in [-0.2, -0.15) is 5.10 Å². The molecule has 0 spiro atoms. The van der Waals surface area contributed by atoms with Gasteiger partial charge in [0.15, 0.2) is 11.6 Å². The van der Waals surface area contributed by atoms with Gasteiger partial charge in [-0.05, 0) is 28.0 Å². The summed E-state index contributed by atoms with van der Waals surface area (Å²) in [5, 5.41) is 16.5. The molecule has 2 aromatic rings. The second-order valence-electron chi connectivity index (χ2n) is 8.16. The molecule has 0 aliphatic rings. The fourth-order valence-corrected chi connectivity index (χ4v) is 4.28. The first-order valence-corrected chi connectivity index (χ1v) is 14.2. The highest BCUT2D eigenvalue weighted by Gasteiger charge is 2.29. The van der Waals surface area contributed by atoms with Gasteiger partial charge < -0.3 is 14.6 Å². The molecule has 0 fully saturated rings. The van der Waals surface area contributed by atoms with Crippen LogP contribution in [0.3, 0.4) is 0 Å². The minimum absolute atomic E-state index is 0.0455. The smallest absolute Gasteiger partial charge is 0.280 e. The lowest BCUT2D eigenvalue weighted by atomic mass is 10.0. The Bertz CT molecular complexity index is 919. The van der Waals surface area contributed by atoms with E-state index in [2.05, 4.69) is 40.7 Å². The predicted molar refractivity (Wildman–Crippen MR) is 120 cm³/mol. The molecule has 0 aliphatic heterocycles. The molecule has 2 rings (SSSR count). The molecule has 1 aromatic carbocycles. The number of aliphatic hydroxyl groups excluding tert-OH is 1. The van der Waals surface area contributed by atoms with E-state index in [1.807, 2.05) is 0 Å². The summed E-state index contributed by atoms with van der Waals surface area (Å²) in [5.41, 5.74) is 0.660. The van der Waals surface area contributed by atoms with Crippen molar-refractivity contribution in [3.63, 3.8) is 0 Å². The van der Waals surface area contributed by atoms with Gasteiger partial charge in [-0.3, -0.25) is 9.63 Å². The van der Waals surface area contributed by atoms with E-state index in [4.69, 9.17) is 14.3 Å². The molecule has 31 heavy (non-hydrogen) atoms. The highest BCUT2D eigenvalue weighted by atomic mass is 79.9. The van der Waals surface area contributed by atoms with E-state index in [0.29, 0.717) is 12.2 Å². The van der Waals surface area contributed by atoms with Gasteiger partial charge in [-0.15, -0.1) is 0 Å². The number of methoxy groups -OCH3 is 1. The second kappa shape index (κ2) is 10.7. The zero-order chi connectivity index (χ0) is 23.3. The molecule has 172 valence electrons. The van der Waals surface area contributed by atoms with Crippen molar-refractivity contribution in [3.05, 3.63) is 45.4 Å². The van der Waals surface area contributed by atoms with Gasteiger partial charge >= 0.3 is 0 Å². The number of benzene rings is 1. The van der Waals surface area contributed by atoms with Crippen LogP contribution in [0.25, 0.3) is 0 Å². The van der Waals surface area contributed by atoms with E-state index in [0.717, 1.165) is 11.1 Å². The number of ether oxygens (including phenoxy) is 2. The summed E-state index contributed by atoms with van der Waals surface area (Å²) in [6.07, 6.45) is 0.0450. The zero-order valence-corrected chi connectivity index (χ0v) is 21.2. The maximum atomic E-state index is 14.0. The van der Waals surface area contributed by atoms with Crippen LogP contribution in [0.5, 0.6) is 5.75 Å². The maximum absolute atomic E-state index is 14.0. The van der Waals surface area contributed by atoms with Crippen LogP contribution in [0.15, 0.2) is 22.8 Å². The SMILES string of the molecule is COc1c(F)ccc(C(O)c2c(C(=O)N(C)OC)cnn2COCC[Si](C)(C)C)c1Br. The number of rotatable bonds is 10. The van der Waals surface area contributed by atoms with Crippen molar-refractivity contribution < 1.29 is 28.6 Å². The van der Waals surface area contributed by atoms with Crippen molar-refractivity contribution in [2.75, 3.05) is 27.9 Å². The van der Waals surface area contributed by atoms with E-state index in [9.17, 15) is 14.3 Å². The number of aromatic nitrogens is 2. The Morgan fingerprint density at radius 2 is 2.03 bits per heavy atom. The molecule has 0 saturated heterocycles. The molecule has 8 nitrogen and oxygen atoms in total. The molecule has 1 atom stereocenters. The van der Waals surface area contributed by atoms with Crippen molar-refractivity contribution in [2.24, 2.45) is 0 Å². The van der Waals surface area contributed by atoms with E-state index in [1.54, 1.807) is 0 Å². The highest BCUT2D eigenvalue weighted by Crippen LogP contribution is 2.37. The topological polar surface area (TPSA) is 86.0 Å². The third-order valence-corrected chi connectivity index (χ3v) is 7.24. The van der Waals surface area contributed by atoms with Crippen LogP contribution in [0.2, 0.25) is 25.7 Å². The quantitative estimate of drug-likeness (QED) is 0.293. The molecule has 1 aromatic heterocycles. The summed E-state index contributed by atoms with van der Waals surface area (Å²) in [4.78, 5) is 17.8. The number of aliphatic hydroxyl groups is 1. The number of carbonyl (C=O) groups excluding carboxylic acids is 1. The Morgan fingerprint density at radius 3 is 2.61 bits per heavy atom. The predicted octanol–water partition coefficient (Wildman–Crippen LogP) is 3.82. The number of halogens is 2. The Morgan fingerprint density at radius 1 is 1.35 bits per heavy atom. The van der Waals surface area contributed by atoms with Gasteiger partial charge in [-0.25, -0.2) is 14.1 Å². The molecule has 1 unspecified atom stereocenters. The van der Waals surface area contributed by atoms with Crippen LogP contribution in [0.1, 0.15) is 27.7 Å². The Hall–Kier alpha value is -1.79. The molecule has 1 heterocycles. The lowest BCUT2D eigenvalue weighted by Gasteiger charge is -2.20. The van der Waals surface area contributed by atoms with Gasteiger partial charge in [-0.1, -0.05) is 25.7 Å². The van der Waals surface area contributed by atoms with Crippen LogP contribution < -0.4 is 4.74 Å². The van der Waals surface area contributed by atoms with Crippen LogP contribution in [0, 0.1) is 5.82 Å². The van der Waals surface area contributed by atoms with Gasteiger partial charge in [0, 0.05) is 27.3 Å². The number of hydroxylamine groups is 2. The largest absolute Gasteiger partial charge is 0.492 e. The summed E-state index contributed by atoms with van der Waals surface area (Å²) in [6, 6.07) is 3.57. The van der Waals surface area contributed by atoms with E-state index in [1.165, 1.54) is 44.3 Å². The first-order chi connectivity index (χ1) is 14.5. The highest BCUT2D eigenvalue weighted by molar-refractivity contribution is 9.10. The molecule has 0 aliphatic carbocycles. The van der Waals surface area contributed by atoms with E-state index >= 15 is 0 Å². The third kappa shape index (κ3) is 6.13. The summed E-state index contributed by atoms with van der Waals surface area (Å²) in [7, 11) is 2.87. The molecule has 0 saturated carbocycles. The van der Waals surface area contributed by atoms with Crippen molar-refractivity contribution >= 4 is 29.9 Å². The van der Waals surface area contributed by atoms with Crippen LogP contribution in [0.4, 0.5) is 4.39 Å². The lowest BCUT2D eigenvalue weighted by molar-refractivity contribution is -0.0759. The second-order valence-corrected chi connectivity index (χ2v) is 14.6. The van der Waals surface area contributed by atoms with Gasteiger partial charge in [0.25, 0.3) is 5.91 Å². The summed E-state index contributed by atoms with van der Waals surface area (Å²) in [6.45, 7) is 7.33. The molecule has 11 heteroatoms. The number of nitrogens with zero attached hydrogens (tertiary/aromatic N) is 3. The number of hydrogen-bond donors (Lipinski definition) is 1. The Kier molecular flexibility index (Phi) is 8.78. The molecule has 1 N–H and O–H groups in total. The van der Waals surface area contributed by atoms with Crippen molar-refractivity contribution in [3.8, 4) is 5.75 Å². The summed E-state index contributed by atoms with van der Waals surface area (Å²) in [5.74, 6) is -1.12. The molecule has 0 radical (unpaired) electrons. The van der Waals surface area contributed by atoms with E-state index < -0.39 is 25.9 Å². The average Bonchev–Trinajstić information content (AvgIpc) is 3.13. The molecular formula is C20H29BrFN3O5Si. The van der Waals surface area contributed by atoms with Crippen molar-refractivity contribution in [1.82, 2.24) is 14.8 Å². The lowest BCUT2D eigenvalue weighted by Crippen LogP contribution is -2.27. The fraction of sp³-hybridized carbons (Fsp3) is 0.500. The number of hydrogen-bond acceptors (Lipinski definition) is 6. The van der Waals surface area contributed by atoms with E-state index in [-0.39, 0.29) is 28.2 Å². The standard InChI is InChI=1S/C20H29BrFN3O5Si/c1-24(29-3)20(27)14-11-23-25(12-30-9-10-31(4,5)6)17(14)18(26)13-7-8-15(22)19(28-2)16(13)21/h7-8,11,18,26H,9-10,12H2,1-6H3. The first-order valence-electron chi connectivity index (χ1n) is 9.67. The average molecular weight is 518 g/mol. The number of carbonyl (C=O) groups is 1. The normalized spacial score (nSPS) is 12.7. The Balaban J connectivity index is 2.44. The van der Waals surface area contributed by atoms with Gasteiger partial charge in [0.1, 0.15) is 12.8 Å². The molecule has 0 bridgehead atoms. The zero-order valence-electron chi connectivity index (χ0n) is 18.6. The van der Waals surface area contributed by atoms with Crippen molar-refractivity contribution in [2.45, 2.75) is 38.5 Å². The Labute approximate surface area is 191 Å². The first kappa shape index (κ1) is 25.5. The minimum Gasteiger partial charge on any atom is -0.492 e. The monoisotopic (exact) mass is 517 g/mol. The van der Waals surface area contributed by atoms with Crippen LogP contribution in [-0.4, -0.2) is 61.8 Å². The van der Waals surface area contributed by atoms with Crippen LogP contribution >= 0.6 is 15.9 Å². The van der Waals surface area contributed by atoms with Gasteiger partial charge in [0.2, 0.25) is 0 Å².